The Bertz CT molecular complexity index is 667. The van der Waals surface area contributed by atoms with Crippen LogP contribution in [0.3, 0.4) is 0 Å². The number of amides is 1. The second kappa shape index (κ2) is 8.32. The molecule has 122 valence electrons. The number of hydrogen-bond acceptors (Lipinski definition) is 3. The van der Waals surface area contributed by atoms with Crippen molar-refractivity contribution in [3.63, 3.8) is 0 Å². The molecule has 1 aromatic heterocycles. The number of aromatic nitrogens is 1. The van der Waals surface area contributed by atoms with Gasteiger partial charge in [-0.2, -0.15) is 0 Å². The minimum atomic E-state index is -0.189. The van der Waals surface area contributed by atoms with Gasteiger partial charge < -0.3 is 10.6 Å². The van der Waals surface area contributed by atoms with Gasteiger partial charge in [-0.25, -0.2) is 0 Å². The van der Waals surface area contributed by atoms with Crippen molar-refractivity contribution in [2.75, 3.05) is 17.2 Å². The molecule has 0 saturated carbocycles. The number of anilines is 2. The van der Waals surface area contributed by atoms with Crippen molar-refractivity contribution in [2.45, 2.75) is 40.0 Å². The molecule has 2 N–H and O–H groups in total. The number of carbonyl (C=O) groups excluding carboxylic acids is 1. The van der Waals surface area contributed by atoms with Crippen LogP contribution in [0.2, 0.25) is 0 Å². The van der Waals surface area contributed by atoms with Gasteiger partial charge in [-0.1, -0.05) is 25.8 Å². The van der Waals surface area contributed by atoms with Crippen LogP contribution in [0.15, 0.2) is 36.5 Å². The van der Waals surface area contributed by atoms with Gasteiger partial charge in [0.05, 0.1) is 0 Å². The van der Waals surface area contributed by atoms with E-state index in [-0.39, 0.29) is 5.91 Å². The first kappa shape index (κ1) is 17.0. The Kier molecular flexibility index (Phi) is 6.15. The van der Waals surface area contributed by atoms with E-state index in [2.05, 4.69) is 29.5 Å². The zero-order valence-electron chi connectivity index (χ0n) is 14.1. The fourth-order valence-electron chi connectivity index (χ4n) is 2.29. The summed E-state index contributed by atoms with van der Waals surface area (Å²) in [6.07, 6.45) is 5.19. The summed E-state index contributed by atoms with van der Waals surface area (Å²) in [6, 6.07) is 9.57. The molecule has 0 bridgehead atoms. The van der Waals surface area contributed by atoms with Crippen LogP contribution in [-0.2, 0) is 0 Å². The molecule has 0 aliphatic rings. The monoisotopic (exact) mass is 311 g/mol. The Morgan fingerprint density at radius 1 is 1.04 bits per heavy atom. The fourth-order valence-corrected chi connectivity index (χ4v) is 2.29. The molecule has 0 atom stereocenters. The Morgan fingerprint density at radius 2 is 1.87 bits per heavy atom. The number of aryl methyl sites for hydroxylation is 2. The first-order valence-corrected chi connectivity index (χ1v) is 8.18. The lowest BCUT2D eigenvalue weighted by Gasteiger charge is -2.09. The van der Waals surface area contributed by atoms with Crippen molar-refractivity contribution in [1.82, 2.24) is 4.98 Å². The molecule has 1 amide bonds. The van der Waals surface area contributed by atoms with Gasteiger partial charge in [0.15, 0.2) is 0 Å². The first-order valence-electron chi connectivity index (χ1n) is 8.18. The van der Waals surface area contributed by atoms with Crippen molar-refractivity contribution in [3.8, 4) is 0 Å². The number of hydrogen-bond donors (Lipinski definition) is 2. The highest BCUT2D eigenvalue weighted by Crippen LogP contribution is 2.16. The maximum atomic E-state index is 12.3. The zero-order valence-corrected chi connectivity index (χ0v) is 14.1. The second-order valence-corrected chi connectivity index (χ2v) is 5.82. The number of rotatable bonds is 7. The van der Waals surface area contributed by atoms with Crippen molar-refractivity contribution in [1.29, 1.82) is 0 Å². The summed E-state index contributed by atoms with van der Waals surface area (Å²) >= 11 is 0. The van der Waals surface area contributed by atoms with E-state index in [9.17, 15) is 4.79 Å². The molecular formula is C19H25N3O. The predicted molar refractivity (Wildman–Crippen MR) is 96.1 cm³/mol. The normalized spacial score (nSPS) is 10.4. The van der Waals surface area contributed by atoms with Gasteiger partial charge in [-0.15, -0.1) is 0 Å². The standard InChI is InChI=1S/C19H25N3O/c1-4-5-6-10-20-16-9-11-21-18(13-16)19(23)22-17-8-7-14(2)15(3)12-17/h7-9,11-13H,4-6,10H2,1-3H3,(H,20,21)(H,22,23). The maximum Gasteiger partial charge on any atom is 0.274 e. The average Bonchev–Trinajstić information content (AvgIpc) is 2.55. The average molecular weight is 311 g/mol. The lowest BCUT2D eigenvalue weighted by Crippen LogP contribution is -2.14. The van der Waals surface area contributed by atoms with Gasteiger partial charge in [0, 0.05) is 24.1 Å². The van der Waals surface area contributed by atoms with Gasteiger partial charge in [0.2, 0.25) is 0 Å². The lowest BCUT2D eigenvalue weighted by molar-refractivity contribution is 0.102. The molecule has 0 aliphatic heterocycles. The zero-order chi connectivity index (χ0) is 16.7. The molecule has 23 heavy (non-hydrogen) atoms. The second-order valence-electron chi connectivity index (χ2n) is 5.82. The Balaban J connectivity index is 2.00. The van der Waals surface area contributed by atoms with Crippen LogP contribution in [0.4, 0.5) is 11.4 Å². The van der Waals surface area contributed by atoms with E-state index < -0.39 is 0 Å². The van der Waals surface area contributed by atoms with Gasteiger partial charge >= 0.3 is 0 Å². The number of pyridine rings is 1. The van der Waals surface area contributed by atoms with Crippen molar-refractivity contribution in [2.24, 2.45) is 0 Å². The number of carbonyl (C=O) groups is 1. The largest absolute Gasteiger partial charge is 0.385 e. The molecule has 2 rings (SSSR count). The molecule has 0 fully saturated rings. The van der Waals surface area contributed by atoms with Crippen LogP contribution < -0.4 is 10.6 Å². The molecule has 4 heteroatoms. The van der Waals surface area contributed by atoms with Crippen LogP contribution >= 0.6 is 0 Å². The van der Waals surface area contributed by atoms with E-state index in [1.165, 1.54) is 18.4 Å². The highest BCUT2D eigenvalue weighted by Gasteiger charge is 2.09. The highest BCUT2D eigenvalue weighted by atomic mass is 16.1. The molecule has 0 radical (unpaired) electrons. The molecule has 4 nitrogen and oxygen atoms in total. The van der Waals surface area contributed by atoms with Crippen LogP contribution in [-0.4, -0.2) is 17.4 Å². The molecule has 1 heterocycles. The van der Waals surface area contributed by atoms with Crippen LogP contribution in [0.5, 0.6) is 0 Å². The molecule has 0 saturated heterocycles. The van der Waals surface area contributed by atoms with E-state index in [0.29, 0.717) is 5.69 Å². The quantitative estimate of drug-likeness (QED) is 0.737. The lowest BCUT2D eigenvalue weighted by atomic mass is 10.1. The topological polar surface area (TPSA) is 54.0 Å². The summed E-state index contributed by atoms with van der Waals surface area (Å²) in [5.74, 6) is -0.189. The van der Waals surface area contributed by atoms with E-state index in [1.54, 1.807) is 12.3 Å². The summed E-state index contributed by atoms with van der Waals surface area (Å²) in [5, 5.41) is 6.24. The van der Waals surface area contributed by atoms with Crippen LogP contribution in [0.1, 0.15) is 47.8 Å². The minimum absolute atomic E-state index is 0.189. The Morgan fingerprint density at radius 3 is 2.61 bits per heavy atom. The van der Waals surface area contributed by atoms with Gasteiger partial charge in [-0.05, 0) is 55.7 Å². The predicted octanol–water partition coefficient (Wildman–Crippen LogP) is 4.55. The first-order chi connectivity index (χ1) is 11.1. The number of nitrogens with one attached hydrogen (secondary N) is 2. The summed E-state index contributed by atoms with van der Waals surface area (Å²) in [5.41, 5.74) is 4.51. The van der Waals surface area contributed by atoms with E-state index in [1.807, 2.05) is 31.2 Å². The van der Waals surface area contributed by atoms with Crippen molar-refractivity contribution >= 4 is 17.3 Å². The van der Waals surface area contributed by atoms with Gasteiger partial charge in [0.25, 0.3) is 5.91 Å². The minimum Gasteiger partial charge on any atom is -0.385 e. The maximum absolute atomic E-state index is 12.3. The summed E-state index contributed by atoms with van der Waals surface area (Å²) in [7, 11) is 0. The number of nitrogens with zero attached hydrogens (tertiary/aromatic N) is 1. The number of benzene rings is 1. The fraction of sp³-hybridized carbons (Fsp3) is 0.368. The molecule has 0 spiro atoms. The van der Waals surface area contributed by atoms with Crippen molar-refractivity contribution in [3.05, 3.63) is 53.3 Å². The third-order valence-electron chi connectivity index (χ3n) is 3.87. The molecule has 1 aromatic carbocycles. The summed E-state index contributed by atoms with van der Waals surface area (Å²) in [4.78, 5) is 16.5. The third-order valence-corrected chi connectivity index (χ3v) is 3.87. The molecule has 0 aliphatic carbocycles. The van der Waals surface area contributed by atoms with E-state index in [0.717, 1.165) is 29.9 Å². The van der Waals surface area contributed by atoms with Gasteiger partial charge in [-0.3, -0.25) is 9.78 Å². The Hall–Kier alpha value is -2.36. The molecule has 0 unspecified atom stereocenters. The Labute approximate surface area is 138 Å². The molecular weight excluding hydrogens is 286 g/mol. The van der Waals surface area contributed by atoms with Crippen molar-refractivity contribution < 1.29 is 4.79 Å². The molecule has 2 aromatic rings. The van der Waals surface area contributed by atoms with Gasteiger partial charge in [0.1, 0.15) is 5.69 Å². The summed E-state index contributed by atoms with van der Waals surface area (Å²) < 4.78 is 0. The smallest absolute Gasteiger partial charge is 0.274 e. The van der Waals surface area contributed by atoms with E-state index in [4.69, 9.17) is 0 Å². The summed E-state index contributed by atoms with van der Waals surface area (Å²) in [6.45, 7) is 7.18. The SMILES string of the molecule is CCCCCNc1ccnc(C(=O)Nc2ccc(C)c(C)c2)c1. The van der Waals surface area contributed by atoms with E-state index >= 15 is 0 Å². The highest BCUT2D eigenvalue weighted by molar-refractivity contribution is 6.03. The number of unbranched alkanes of at least 4 members (excludes halogenated alkanes) is 2. The van der Waals surface area contributed by atoms with Crippen LogP contribution in [0, 0.1) is 13.8 Å². The van der Waals surface area contributed by atoms with Crippen LogP contribution in [0.25, 0.3) is 0 Å². The third kappa shape index (κ3) is 5.09.